The minimum Gasteiger partial charge on any atom is -0.381 e. The zero-order valence-electron chi connectivity index (χ0n) is 17.0. The molecule has 29 heavy (non-hydrogen) atoms. The lowest BCUT2D eigenvalue weighted by molar-refractivity contribution is 0.0679. The van der Waals surface area contributed by atoms with Crippen molar-refractivity contribution in [3.05, 3.63) is 53.1 Å². The number of aromatic nitrogens is 2. The molecule has 152 valence electrons. The molecule has 1 aromatic carbocycles. The van der Waals surface area contributed by atoms with Crippen molar-refractivity contribution in [3.63, 3.8) is 0 Å². The highest BCUT2D eigenvalue weighted by Crippen LogP contribution is 2.29. The lowest BCUT2D eigenvalue weighted by atomic mass is 9.95. The van der Waals surface area contributed by atoms with E-state index in [-0.39, 0.29) is 5.91 Å². The summed E-state index contributed by atoms with van der Waals surface area (Å²) in [4.78, 5) is 19.4. The van der Waals surface area contributed by atoms with Crippen LogP contribution in [-0.4, -0.2) is 46.7 Å². The molecule has 3 heterocycles. The first-order valence-corrected chi connectivity index (χ1v) is 10.5. The van der Waals surface area contributed by atoms with Crippen molar-refractivity contribution in [3.8, 4) is 6.07 Å². The molecule has 0 unspecified atom stereocenters. The summed E-state index contributed by atoms with van der Waals surface area (Å²) in [6.07, 6.45) is 6.07. The van der Waals surface area contributed by atoms with E-state index in [4.69, 9.17) is 15.0 Å². The number of likely N-dealkylation sites (tertiary alicyclic amines) is 1. The number of hydrogen-bond acceptors (Lipinski definition) is 4. The van der Waals surface area contributed by atoms with Crippen LogP contribution < -0.4 is 0 Å². The van der Waals surface area contributed by atoms with Crippen LogP contribution in [0.25, 0.3) is 0 Å². The van der Waals surface area contributed by atoms with Crippen LogP contribution in [0.1, 0.15) is 59.0 Å². The van der Waals surface area contributed by atoms with Gasteiger partial charge in [0.1, 0.15) is 5.82 Å². The molecule has 2 aromatic rings. The number of aryl methyl sites for hydroxylation is 1. The van der Waals surface area contributed by atoms with Crippen LogP contribution in [0.2, 0.25) is 0 Å². The molecule has 1 aromatic heterocycles. The molecular weight excluding hydrogens is 364 g/mol. The van der Waals surface area contributed by atoms with Crippen molar-refractivity contribution in [2.45, 2.75) is 45.1 Å². The minimum atomic E-state index is 0.0299. The third kappa shape index (κ3) is 4.35. The fraction of sp³-hybridized carbons (Fsp3) is 0.522. The lowest BCUT2D eigenvalue weighted by Crippen LogP contribution is -2.39. The summed E-state index contributed by atoms with van der Waals surface area (Å²) < 4.78 is 7.91. The van der Waals surface area contributed by atoms with E-state index in [1.54, 1.807) is 24.3 Å². The Balaban J connectivity index is 1.37. The van der Waals surface area contributed by atoms with Crippen molar-refractivity contribution in [2.75, 3.05) is 26.3 Å². The zero-order chi connectivity index (χ0) is 20.2. The summed E-state index contributed by atoms with van der Waals surface area (Å²) in [6, 6.07) is 9.09. The van der Waals surface area contributed by atoms with E-state index in [1.165, 1.54) is 11.5 Å². The highest BCUT2D eigenvalue weighted by Gasteiger charge is 2.27. The van der Waals surface area contributed by atoms with Gasteiger partial charge in [-0.3, -0.25) is 4.79 Å². The molecule has 0 aliphatic carbocycles. The van der Waals surface area contributed by atoms with Crippen LogP contribution in [0.15, 0.2) is 30.5 Å². The number of benzene rings is 1. The maximum atomic E-state index is 12.8. The maximum Gasteiger partial charge on any atom is 0.253 e. The first-order valence-electron chi connectivity index (χ1n) is 10.5. The summed E-state index contributed by atoms with van der Waals surface area (Å²) in [5, 5.41) is 9.06. The number of carbonyl (C=O) groups excluding carboxylic acids is 1. The van der Waals surface area contributed by atoms with Crippen LogP contribution in [0.3, 0.4) is 0 Å². The Morgan fingerprint density at radius 2 is 2.00 bits per heavy atom. The van der Waals surface area contributed by atoms with Crippen LogP contribution in [0.4, 0.5) is 0 Å². The van der Waals surface area contributed by atoms with Gasteiger partial charge in [0.15, 0.2) is 0 Å². The largest absolute Gasteiger partial charge is 0.381 e. The molecular formula is C23H28N4O2. The molecule has 4 rings (SSSR count). The molecule has 0 bridgehead atoms. The smallest absolute Gasteiger partial charge is 0.253 e. The number of nitrogens with zero attached hydrogens (tertiary/aromatic N) is 4. The molecule has 0 spiro atoms. The van der Waals surface area contributed by atoms with Crippen LogP contribution >= 0.6 is 0 Å². The first kappa shape index (κ1) is 19.7. The highest BCUT2D eigenvalue weighted by atomic mass is 16.5. The third-order valence-electron chi connectivity index (χ3n) is 6.25. The van der Waals surface area contributed by atoms with E-state index < -0.39 is 0 Å². The van der Waals surface area contributed by atoms with Crippen LogP contribution in [0, 0.1) is 24.2 Å². The van der Waals surface area contributed by atoms with Crippen molar-refractivity contribution >= 4 is 5.91 Å². The van der Waals surface area contributed by atoms with E-state index in [0.29, 0.717) is 23.0 Å². The SMILES string of the molecule is Cc1cnc(C2CCOCC2)n1CC1CCN(C(=O)c2cccc(C#N)c2)CC1. The second-order valence-electron chi connectivity index (χ2n) is 8.18. The second-order valence-corrected chi connectivity index (χ2v) is 8.18. The molecule has 2 saturated heterocycles. The standard InChI is InChI=1S/C23H28N4O2/c1-17-15-25-22(20-7-11-29-12-8-20)27(17)16-18-5-9-26(10-6-18)23(28)21-4-2-3-19(13-21)14-24/h2-4,13,15,18,20H,5-12,16H2,1H3. The third-order valence-corrected chi connectivity index (χ3v) is 6.25. The number of carbonyl (C=O) groups is 1. The molecule has 0 atom stereocenters. The molecule has 2 fully saturated rings. The van der Waals surface area contributed by atoms with Crippen molar-refractivity contribution < 1.29 is 9.53 Å². The van der Waals surface area contributed by atoms with Gasteiger partial charge in [-0.05, 0) is 56.7 Å². The molecule has 6 nitrogen and oxygen atoms in total. The monoisotopic (exact) mass is 392 g/mol. The van der Waals surface area contributed by atoms with E-state index >= 15 is 0 Å². The van der Waals surface area contributed by atoms with Crippen LogP contribution in [0.5, 0.6) is 0 Å². The summed E-state index contributed by atoms with van der Waals surface area (Å²) >= 11 is 0. The average Bonchev–Trinajstić information content (AvgIpc) is 3.14. The van der Waals surface area contributed by atoms with Crippen molar-refractivity contribution in [1.29, 1.82) is 5.26 Å². The fourth-order valence-corrected chi connectivity index (χ4v) is 4.48. The second kappa shape index (κ2) is 8.79. The van der Waals surface area contributed by atoms with Crippen molar-refractivity contribution in [1.82, 2.24) is 14.5 Å². The number of piperidine rings is 1. The molecule has 0 N–H and O–H groups in total. The Morgan fingerprint density at radius 1 is 1.24 bits per heavy atom. The molecule has 2 aliphatic rings. The lowest BCUT2D eigenvalue weighted by Gasteiger charge is -2.33. The number of hydrogen-bond donors (Lipinski definition) is 0. The van der Waals surface area contributed by atoms with E-state index in [9.17, 15) is 4.79 Å². The first-order chi connectivity index (χ1) is 14.2. The van der Waals surface area contributed by atoms with E-state index in [1.807, 2.05) is 11.1 Å². The van der Waals surface area contributed by atoms with Gasteiger partial charge in [0.2, 0.25) is 0 Å². The normalized spacial score (nSPS) is 18.6. The molecule has 0 radical (unpaired) electrons. The van der Waals surface area contributed by atoms with Gasteiger partial charge in [-0.25, -0.2) is 4.98 Å². The van der Waals surface area contributed by atoms with Gasteiger partial charge in [-0.2, -0.15) is 5.26 Å². The quantitative estimate of drug-likeness (QED) is 0.798. The van der Waals surface area contributed by atoms with Gasteiger partial charge in [0.25, 0.3) is 5.91 Å². The Morgan fingerprint density at radius 3 is 2.72 bits per heavy atom. The van der Waals surface area contributed by atoms with Gasteiger partial charge in [-0.1, -0.05) is 6.07 Å². The summed E-state index contributed by atoms with van der Waals surface area (Å²) in [5.41, 5.74) is 2.36. The number of nitriles is 1. The Labute approximate surface area is 172 Å². The van der Waals surface area contributed by atoms with Crippen LogP contribution in [-0.2, 0) is 11.3 Å². The van der Waals surface area contributed by atoms with Gasteiger partial charge < -0.3 is 14.2 Å². The van der Waals surface area contributed by atoms with E-state index in [2.05, 4.69) is 17.6 Å². The number of rotatable bonds is 4. The number of amides is 1. The average molecular weight is 393 g/mol. The Bertz CT molecular complexity index is 900. The zero-order valence-corrected chi connectivity index (χ0v) is 17.0. The molecule has 2 aliphatic heterocycles. The summed E-state index contributed by atoms with van der Waals surface area (Å²) in [5.74, 6) is 2.28. The summed E-state index contributed by atoms with van der Waals surface area (Å²) in [7, 11) is 0. The minimum absolute atomic E-state index is 0.0299. The number of ether oxygens (including phenoxy) is 1. The predicted octanol–water partition coefficient (Wildman–Crippen LogP) is 3.51. The van der Waals surface area contributed by atoms with E-state index in [0.717, 1.165) is 58.5 Å². The van der Waals surface area contributed by atoms with Gasteiger partial charge in [0, 0.05) is 56.2 Å². The van der Waals surface area contributed by atoms with Gasteiger partial charge in [0.05, 0.1) is 11.6 Å². The fourth-order valence-electron chi connectivity index (χ4n) is 4.48. The molecule has 1 amide bonds. The topological polar surface area (TPSA) is 71.2 Å². The Hall–Kier alpha value is -2.65. The summed E-state index contributed by atoms with van der Waals surface area (Å²) in [6.45, 7) is 6.29. The molecule has 0 saturated carbocycles. The van der Waals surface area contributed by atoms with Crippen molar-refractivity contribution in [2.24, 2.45) is 5.92 Å². The highest BCUT2D eigenvalue weighted by molar-refractivity contribution is 5.94. The van der Waals surface area contributed by atoms with Gasteiger partial charge >= 0.3 is 0 Å². The Kier molecular flexibility index (Phi) is 5.96. The molecule has 6 heteroatoms. The van der Waals surface area contributed by atoms with Gasteiger partial charge in [-0.15, -0.1) is 0 Å². The number of imidazole rings is 1. The predicted molar refractivity (Wildman–Crippen MR) is 110 cm³/mol. The maximum absolute atomic E-state index is 12.8.